The van der Waals surface area contributed by atoms with Crippen LogP contribution >= 0.6 is 15.9 Å². The number of ether oxygens (including phenoxy) is 1. The van der Waals surface area contributed by atoms with Crippen LogP contribution in [0.25, 0.3) is 0 Å². The van der Waals surface area contributed by atoms with Gasteiger partial charge >= 0.3 is 0 Å². The second kappa shape index (κ2) is 7.75. The van der Waals surface area contributed by atoms with Gasteiger partial charge in [0.05, 0.1) is 10.7 Å². The zero-order valence-corrected chi connectivity index (χ0v) is 14.1. The molecule has 0 aliphatic heterocycles. The summed E-state index contributed by atoms with van der Waals surface area (Å²) in [5.41, 5.74) is 5.63. The molecule has 2 aromatic carbocycles. The predicted octanol–water partition coefficient (Wildman–Crippen LogP) is 3.60. The topological polar surface area (TPSA) is 50.7 Å². The molecule has 0 spiro atoms. The lowest BCUT2D eigenvalue weighted by Crippen LogP contribution is -2.24. The first-order chi connectivity index (χ1) is 10.6. The lowest BCUT2D eigenvalue weighted by Gasteiger charge is -2.07. The molecule has 0 heterocycles. The molecule has 0 saturated carbocycles. The van der Waals surface area contributed by atoms with Crippen LogP contribution < -0.4 is 10.2 Å². The van der Waals surface area contributed by atoms with Gasteiger partial charge in [0.25, 0.3) is 5.91 Å². The molecule has 1 amide bonds. The molecule has 0 aliphatic rings. The molecular formula is C17H17BrN2O2. The van der Waals surface area contributed by atoms with Crippen molar-refractivity contribution in [1.82, 2.24) is 5.43 Å². The molecule has 0 saturated heterocycles. The van der Waals surface area contributed by atoms with Crippen LogP contribution in [0.2, 0.25) is 0 Å². The molecule has 2 rings (SSSR count). The number of halogens is 1. The fraction of sp³-hybridized carbons (Fsp3) is 0.176. The van der Waals surface area contributed by atoms with E-state index in [1.165, 1.54) is 0 Å². The Labute approximate surface area is 138 Å². The Morgan fingerprint density at radius 2 is 2.05 bits per heavy atom. The van der Waals surface area contributed by atoms with E-state index in [9.17, 15) is 4.79 Å². The van der Waals surface area contributed by atoms with Crippen molar-refractivity contribution in [2.75, 3.05) is 6.61 Å². The Balaban J connectivity index is 1.84. The van der Waals surface area contributed by atoms with Gasteiger partial charge in [-0.15, -0.1) is 0 Å². The Kier molecular flexibility index (Phi) is 5.72. The Morgan fingerprint density at radius 1 is 1.27 bits per heavy atom. The van der Waals surface area contributed by atoms with Crippen LogP contribution in [0.1, 0.15) is 16.7 Å². The zero-order chi connectivity index (χ0) is 15.9. The van der Waals surface area contributed by atoms with Gasteiger partial charge < -0.3 is 4.74 Å². The third-order valence-electron chi connectivity index (χ3n) is 3.03. The number of amides is 1. The van der Waals surface area contributed by atoms with E-state index in [4.69, 9.17) is 4.74 Å². The minimum Gasteiger partial charge on any atom is -0.483 e. The van der Waals surface area contributed by atoms with Crippen molar-refractivity contribution in [3.63, 3.8) is 0 Å². The Hall–Kier alpha value is -2.14. The Morgan fingerprint density at radius 3 is 2.77 bits per heavy atom. The summed E-state index contributed by atoms with van der Waals surface area (Å²) in [6.45, 7) is 3.88. The van der Waals surface area contributed by atoms with E-state index < -0.39 is 0 Å². The molecule has 0 radical (unpaired) electrons. The van der Waals surface area contributed by atoms with Gasteiger partial charge in [0.2, 0.25) is 0 Å². The second-order valence-electron chi connectivity index (χ2n) is 4.87. The smallest absolute Gasteiger partial charge is 0.277 e. The number of hydrazone groups is 1. The van der Waals surface area contributed by atoms with Gasteiger partial charge in [-0.3, -0.25) is 4.79 Å². The van der Waals surface area contributed by atoms with E-state index in [1.54, 1.807) is 6.21 Å². The van der Waals surface area contributed by atoms with Crippen molar-refractivity contribution >= 4 is 28.1 Å². The number of aryl methyl sites for hydroxylation is 2. The molecule has 0 fully saturated rings. The number of benzene rings is 2. The molecule has 4 nitrogen and oxygen atoms in total. The maximum Gasteiger partial charge on any atom is 0.277 e. The normalized spacial score (nSPS) is 10.7. The van der Waals surface area contributed by atoms with Crippen LogP contribution in [0.15, 0.2) is 52.0 Å². The number of carbonyl (C=O) groups is 1. The second-order valence-corrected chi connectivity index (χ2v) is 5.73. The minimum atomic E-state index is -0.308. The first-order valence-corrected chi connectivity index (χ1v) is 7.62. The fourth-order valence-corrected chi connectivity index (χ4v) is 2.41. The van der Waals surface area contributed by atoms with Gasteiger partial charge in [-0.25, -0.2) is 5.43 Å². The quantitative estimate of drug-likeness (QED) is 0.654. The van der Waals surface area contributed by atoms with E-state index in [1.807, 2.05) is 56.3 Å². The molecule has 0 bridgehead atoms. The first kappa shape index (κ1) is 16.2. The van der Waals surface area contributed by atoms with Crippen molar-refractivity contribution in [3.05, 3.63) is 63.6 Å². The number of hydrogen-bond acceptors (Lipinski definition) is 3. The third-order valence-corrected chi connectivity index (χ3v) is 3.65. The summed E-state index contributed by atoms with van der Waals surface area (Å²) in [5.74, 6) is 0.320. The lowest BCUT2D eigenvalue weighted by atomic mass is 10.1. The van der Waals surface area contributed by atoms with E-state index in [2.05, 4.69) is 26.5 Å². The molecule has 0 aliphatic carbocycles. The van der Waals surface area contributed by atoms with Crippen LogP contribution in [-0.4, -0.2) is 18.7 Å². The standard InChI is InChI=1S/C17H17BrN2O2/c1-12-7-8-16(15(18)9-12)22-11-17(21)20-19-10-14-6-4-3-5-13(14)2/h3-10H,11H2,1-2H3,(H,20,21)/b19-10+. The molecule has 2 aromatic rings. The average Bonchev–Trinajstić information content (AvgIpc) is 2.48. The van der Waals surface area contributed by atoms with Crippen molar-refractivity contribution in [3.8, 4) is 5.75 Å². The third kappa shape index (κ3) is 4.70. The van der Waals surface area contributed by atoms with E-state index in [0.29, 0.717) is 5.75 Å². The highest BCUT2D eigenvalue weighted by Crippen LogP contribution is 2.25. The summed E-state index contributed by atoms with van der Waals surface area (Å²) >= 11 is 3.40. The summed E-state index contributed by atoms with van der Waals surface area (Å²) in [6.07, 6.45) is 1.62. The number of carbonyl (C=O) groups excluding carboxylic acids is 1. The van der Waals surface area contributed by atoms with Gasteiger partial charge in [-0.05, 0) is 58.6 Å². The van der Waals surface area contributed by atoms with Crippen LogP contribution in [-0.2, 0) is 4.79 Å². The molecule has 0 unspecified atom stereocenters. The predicted molar refractivity (Wildman–Crippen MR) is 91.3 cm³/mol. The molecular weight excluding hydrogens is 344 g/mol. The van der Waals surface area contributed by atoms with Crippen molar-refractivity contribution in [1.29, 1.82) is 0 Å². The highest BCUT2D eigenvalue weighted by molar-refractivity contribution is 9.10. The number of nitrogens with zero attached hydrogens (tertiary/aromatic N) is 1. The SMILES string of the molecule is Cc1ccc(OCC(=O)N/N=C/c2ccccc2C)c(Br)c1. The van der Waals surface area contributed by atoms with Crippen LogP contribution in [0.3, 0.4) is 0 Å². The van der Waals surface area contributed by atoms with Crippen molar-refractivity contribution < 1.29 is 9.53 Å². The summed E-state index contributed by atoms with van der Waals surface area (Å²) in [6, 6.07) is 13.5. The van der Waals surface area contributed by atoms with Gasteiger partial charge in [0, 0.05) is 0 Å². The fourth-order valence-electron chi connectivity index (χ4n) is 1.80. The monoisotopic (exact) mass is 360 g/mol. The zero-order valence-electron chi connectivity index (χ0n) is 12.5. The molecule has 5 heteroatoms. The van der Waals surface area contributed by atoms with Crippen LogP contribution in [0, 0.1) is 13.8 Å². The van der Waals surface area contributed by atoms with Gasteiger partial charge in [-0.1, -0.05) is 30.3 Å². The van der Waals surface area contributed by atoms with Crippen LogP contribution in [0.4, 0.5) is 0 Å². The first-order valence-electron chi connectivity index (χ1n) is 6.83. The lowest BCUT2D eigenvalue weighted by molar-refractivity contribution is -0.123. The molecule has 0 aromatic heterocycles. The summed E-state index contributed by atoms with van der Waals surface area (Å²) < 4.78 is 6.27. The van der Waals surface area contributed by atoms with Crippen LogP contribution in [0.5, 0.6) is 5.75 Å². The van der Waals surface area contributed by atoms with Crippen molar-refractivity contribution in [2.24, 2.45) is 5.10 Å². The summed E-state index contributed by atoms with van der Waals surface area (Å²) in [4.78, 5) is 11.7. The molecule has 114 valence electrons. The van der Waals surface area contributed by atoms with E-state index in [0.717, 1.165) is 21.2 Å². The van der Waals surface area contributed by atoms with Gasteiger partial charge in [-0.2, -0.15) is 5.10 Å². The maximum atomic E-state index is 11.7. The number of rotatable bonds is 5. The van der Waals surface area contributed by atoms with Crippen molar-refractivity contribution in [2.45, 2.75) is 13.8 Å². The molecule has 22 heavy (non-hydrogen) atoms. The summed E-state index contributed by atoms with van der Waals surface area (Å²) in [7, 11) is 0. The highest BCUT2D eigenvalue weighted by atomic mass is 79.9. The maximum absolute atomic E-state index is 11.7. The number of hydrogen-bond donors (Lipinski definition) is 1. The largest absolute Gasteiger partial charge is 0.483 e. The Bertz CT molecular complexity index is 699. The minimum absolute atomic E-state index is 0.0905. The molecule has 0 atom stereocenters. The summed E-state index contributed by atoms with van der Waals surface area (Å²) in [5, 5.41) is 3.93. The molecule has 1 N–H and O–H groups in total. The van der Waals surface area contributed by atoms with Gasteiger partial charge in [0.15, 0.2) is 6.61 Å². The van der Waals surface area contributed by atoms with E-state index >= 15 is 0 Å². The average molecular weight is 361 g/mol. The highest BCUT2D eigenvalue weighted by Gasteiger charge is 2.05. The van der Waals surface area contributed by atoms with E-state index in [-0.39, 0.29) is 12.5 Å². The van der Waals surface area contributed by atoms with Gasteiger partial charge in [0.1, 0.15) is 5.75 Å². The number of nitrogens with one attached hydrogen (secondary N) is 1.